The number of aromatic nitrogens is 1. The summed E-state index contributed by atoms with van der Waals surface area (Å²) < 4.78 is 30.2. The van der Waals surface area contributed by atoms with Crippen molar-refractivity contribution in [3.8, 4) is 16.9 Å². The summed E-state index contributed by atoms with van der Waals surface area (Å²) in [5.74, 6) is 0.555. The Morgan fingerprint density at radius 1 is 1.19 bits per heavy atom. The Balaban J connectivity index is 1.76. The minimum Gasteiger partial charge on any atom is -0.435 e. The Hall–Kier alpha value is -3.19. The van der Waals surface area contributed by atoms with E-state index in [1.165, 1.54) is 12.1 Å². The van der Waals surface area contributed by atoms with Gasteiger partial charge < -0.3 is 14.5 Å². The molecule has 0 bridgehead atoms. The summed E-state index contributed by atoms with van der Waals surface area (Å²) in [6.07, 6.45) is 3.99. The highest BCUT2D eigenvalue weighted by Crippen LogP contribution is 2.39. The maximum absolute atomic E-state index is 13.9. The molecule has 1 atom stereocenters. The fourth-order valence-corrected chi connectivity index (χ4v) is 5.20. The van der Waals surface area contributed by atoms with E-state index in [9.17, 15) is 13.6 Å². The molecule has 0 unspecified atom stereocenters. The first-order valence-corrected chi connectivity index (χ1v) is 12.7. The number of amides is 1. The molecular formula is C29H32ClF2N3O2. The Kier molecular flexibility index (Phi) is 7.74. The van der Waals surface area contributed by atoms with Crippen LogP contribution in [-0.4, -0.2) is 37.1 Å². The highest BCUT2D eigenvalue weighted by Gasteiger charge is 2.35. The van der Waals surface area contributed by atoms with Crippen LogP contribution >= 0.6 is 11.6 Å². The van der Waals surface area contributed by atoms with E-state index >= 15 is 0 Å². The maximum Gasteiger partial charge on any atom is 0.387 e. The van der Waals surface area contributed by atoms with E-state index in [2.05, 4.69) is 22.6 Å². The van der Waals surface area contributed by atoms with Crippen molar-refractivity contribution in [2.75, 3.05) is 23.4 Å². The molecule has 1 fully saturated rings. The maximum atomic E-state index is 13.9. The molecule has 0 saturated carbocycles. The van der Waals surface area contributed by atoms with E-state index in [0.717, 1.165) is 41.9 Å². The second-order valence-electron chi connectivity index (χ2n) is 10.1. The number of benzene rings is 2. The van der Waals surface area contributed by atoms with Gasteiger partial charge in [0, 0.05) is 30.2 Å². The minimum absolute atomic E-state index is 0.0904. The average molecular weight is 528 g/mol. The van der Waals surface area contributed by atoms with Crippen LogP contribution in [0.5, 0.6) is 5.75 Å². The monoisotopic (exact) mass is 527 g/mol. The zero-order chi connectivity index (χ0) is 26.9. The van der Waals surface area contributed by atoms with Crippen molar-refractivity contribution in [1.29, 1.82) is 0 Å². The van der Waals surface area contributed by atoms with Gasteiger partial charge in [-0.2, -0.15) is 8.78 Å². The van der Waals surface area contributed by atoms with Crippen LogP contribution in [0.15, 0.2) is 54.7 Å². The van der Waals surface area contributed by atoms with Gasteiger partial charge in [0.25, 0.3) is 0 Å². The van der Waals surface area contributed by atoms with Crippen LogP contribution < -0.4 is 14.5 Å². The highest BCUT2D eigenvalue weighted by atomic mass is 35.5. The Labute approximate surface area is 222 Å². The molecule has 2 aromatic carbocycles. The molecular weight excluding hydrogens is 496 g/mol. The van der Waals surface area contributed by atoms with Crippen LogP contribution in [0, 0.1) is 6.92 Å². The lowest BCUT2D eigenvalue weighted by Crippen LogP contribution is -2.42. The third kappa shape index (κ3) is 5.57. The molecule has 4 rings (SSSR count). The number of ether oxygens (including phenoxy) is 1. The van der Waals surface area contributed by atoms with Gasteiger partial charge in [0.15, 0.2) is 0 Å². The number of rotatable bonds is 7. The van der Waals surface area contributed by atoms with Crippen molar-refractivity contribution in [2.45, 2.75) is 58.6 Å². The SMILES string of the molecule is Cc1ccccc1-c1cc(N2CCC[C@@H]2C)ncc1N(C)C(=O)C(C)(C)c1cc(Cl)cc(OC(F)F)c1. The summed E-state index contributed by atoms with van der Waals surface area (Å²) in [6.45, 7) is 5.67. The smallest absolute Gasteiger partial charge is 0.387 e. The van der Waals surface area contributed by atoms with Gasteiger partial charge in [-0.3, -0.25) is 4.79 Å². The van der Waals surface area contributed by atoms with Gasteiger partial charge in [0.05, 0.1) is 17.3 Å². The molecule has 8 heteroatoms. The number of carbonyl (C=O) groups is 1. The summed E-state index contributed by atoms with van der Waals surface area (Å²) in [6, 6.07) is 14.8. The second kappa shape index (κ2) is 10.7. The van der Waals surface area contributed by atoms with E-state index in [4.69, 9.17) is 16.6 Å². The molecule has 1 saturated heterocycles. The average Bonchev–Trinajstić information content (AvgIpc) is 3.28. The van der Waals surface area contributed by atoms with Gasteiger partial charge in [-0.25, -0.2) is 4.98 Å². The molecule has 5 nitrogen and oxygen atoms in total. The molecule has 0 aliphatic carbocycles. The first-order chi connectivity index (χ1) is 17.5. The molecule has 1 aromatic heterocycles. The molecule has 1 aliphatic rings. The van der Waals surface area contributed by atoms with Gasteiger partial charge in [-0.1, -0.05) is 35.9 Å². The van der Waals surface area contributed by atoms with Gasteiger partial charge in [-0.15, -0.1) is 0 Å². The molecule has 2 heterocycles. The van der Waals surface area contributed by atoms with Gasteiger partial charge in [0.2, 0.25) is 5.91 Å². The van der Waals surface area contributed by atoms with E-state index in [0.29, 0.717) is 17.3 Å². The fourth-order valence-electron chi connectivity index (χ4n) is 4.97. The highest BCUT2D eigenvalue weighted by molar-refractivity contribution is 6.30. The van der Waals surface area contributed by atoms with Crippen LogP contribution in [0.2, 0.25) is 5.02 Å². The van der Waals surface area contributed by atoms with Gasteiger partial charge >= 0.3 is 6.61 Å². The van der Waals surface area contributed by atoms with Crippen molar-refractivity contribution in [3.05, 3.63) is 70.9 Å². The predicted molar refractivity (Wildman–Crippen MR) is 145 cm³/mol. The number of hydrogen-bond donors (Lipinski definition) is 0. The largest absolute Gasteiger partial charge is 0.435 e. The normalized spacial score (nSPS) is 15.8. The van der Waals surface area contributed by atoms with E-state index in [1.807, 2.05) is 31.2 Å². The minimum atomic E-state index is -2.99. The van der Waals surface area contributed by atoms with Crippen LogP contribution in [0.3, 0.4) is 0 Å². The van der Waals surface area contributed by atoms with Gasteiger partial charge in [-0.05, 0) is 81.5 Å². The van der Waals surface area contributed by atoms with Crippen LogP contribution in [0.4, 0.5) is 20.3 Å². The molecule has 37 heavy (non-hydrogen) atoms. The molecule has 196 valence electrons. The third-order valence-corrected chi connectivity index (χ3v) is 7.39. The third-order valence-electron chi connectivity index (χ3n) is 7.17. The molecule has 1 aliphatic heterocycles. The molecule has 1 amide bonds. The second-order valence-corrected chi connectivity index (χ2v) is 10.5. The zero-order valence-electron chi connectivity index (χ0n) is 21.8. The van der Waals surface area contributed by atoms with Crippen LogP contribution in [0.25, 0.3) is 11.1 Å². The van der Waals surface area contributed by atoms with Crippen molar-refractivity contribution in [1.82, 2.24) is 4.98 Å². The van der Waals surface area contributed by atoms with Crippen molar-refractivity contribution >= 4 is 29.0 Å². The first-order valence-electron chi connectivity index (χ1n) is 12.4. The van der Waals surface area contributed by atoms with E-state index in [-0.39, 0.29) is 16.7 Å². The number of alkyl halides is 2. The predicted octanol–water partition coefficient (Wildman–Crippen LogP) is 7.24. The molecule has 0 spiro atoms. The lowest BCUT2D eigenvalue weighted by molar-refractivity contribution is -0.122. The summed E-state index contributed by atoms with van der Waals surface area (Å²) in [7, 11) is 1.71. The van der Waals surface area contributed by atoms with E-state index in [1.54, 1.807) is 38.1 Å². The number of likely N-dealkylation sites (N-methyl/N-ethyl adjacent to an activating group) is 1. The summed E-state index contributed by atoms with van der Waals surface area (Å²) in [4.78, 5) is 22.6. The lowest BCUT2D eigenvalue weighted by Gasteiger charge is -2.32. The lowest BCUT2D eigenvalue weighted by atomic mass is 9.83. The molecule has 0 N–H and O–H groups in total. The number of anilines is 2. The number of hydrogen-bond acceptors (Lipinski definition) is 4. The van der Waals surface area contributed by atoms with Gasteiger partial charge in [0.1, 0.15) is 11.6 Å². The summed E-state index contributed by atoms with van der Waals surface area (Å²) in [5, 5.41) is 0.211. The topological polar surface area (TPSA) is 45.7 Å². The van der Waals surface area contributed by atoms with Crippen molar-refractivity contribution < 1.29 is 18.3 Å². The standard InChI is InChI=1S/C29H32ClF2N3O2/c1-18-9-6-7-11-23(18)24-16-26(35-12-8-10-19(35)2)33-17-25(24)34(5)27(36)29(3,4)20-13-21(30)15-22(14-20)37-28(31)32/h6-7,9,11,13-17,19,28H,8,10,12H2,1-5H3/t19-/m0/s1. The summed E-state index contributed by atoms with van der Waals surface area (Å²) >= 11 is 6.19. The first kappa shape index (κ1) is 26.9. The number of carbonyl (C=O) groups excluding carboxylic acids is 1. The molecule has 0 radical (unpaired) electrons. The summed E-state index contributed by atoms with van der Waals surface area (Å²) in [5.41, 5.74) is 3.04. The number of nitrogens with zero attached hydrogens (tertiary/aromatic N) is 3. The van der Waals surface area contributed by atoms with Crippen LogP contribution in [0.1, 0.15) is 44.7 Å². The Bertz CT molecular complexity index is 1300. The van der Waals surface area contributed by atoms with Crippen molar-refractivity contribution in [3.63, 3.8) is 0 Å². The fraction of sp³-hybridized carbons (Fsp3) is 0.379. The zero-order valence-corrected chi connectivity index (χ0v) is 22.5. The molecule has 3 aromatic rings. The van der Waals surface area contributed by atoms with Crippen molar-refractivity contribution in [2.24, 2.45) is 0 Å². The van der Waals surface area contributed by atoms with Crippen LogP contribution in [-0.2, 0) is 10.2 Å². The quantitative estimate of drug-likeness (QED) is 0.325. The number of halogens is 3. The van der Waals surface area contributed by atoms with E-state index < -0.39 is 12.0 Å². The number of aryl methyl sites for hydroxylation is 1. The Morgan fingerprint density at radius 3 is 2.57 bits per heavy atom. The Morgan fingerprint density at radius 2 is 1.92 bits per heavy atom. The number of pyridine rings is 1.